The van der Waals surface area contributed by atoms with Gasteiger partial charge in [0.05, 0.1) is 23.6 Å². The number of benzene rings is 1. The average Bonchev–Trinajstić information content (AvgIpc) is 2.60. The van der Waals surface area contributed by atoms with Crippen LogP contribution in [0.5, 0.6) is 0 Å². The molecule has 1 saturated carbocycles. The van der Waals surface area contributed by atoms with Crippen LogP contribution in [0.3, 0.4) is 0 Å². The van der Waals surface area contributed by atoms with Crippen LogP contribution in [0.25, 0.3) is 0 Å². The first kappa shape index (κ1) is 17.8. The number of hydrogen-bond donors (Lipinski definition) is 0. The van der Waals surface area contributed by atoms with Gasteiger partial charge in [-0.05, 0) is 49.3 Å². The number of ether oxygens (including phenoxy) is 1. The fourth-order valence-electron chi connectivity index (χ4n) is 3.28. The van der Waals surface area contributed by atoms with E-state index in [0.29, 0.717) is 25.4 Å². The third kappa shape index (κ3) is 4.97. The predicted octanol–water partition coefficient (Wildman–Crippen LogP) is 5.23. The minimum atomic E-state index is -0.271. The van der Waals surface area contributed by atoms with Crippen molar-refractivity contribution in [1.82, 2.24) is 0 Å². The Bertz CT molecular complexity index is 573. The summed E-state index contributed by atoms with van der Waals surface area (Å²) >= 11 is 6.40. The van der Waals surface area contributed by atoms with Crippen molar-refractivity contribution in [3.63, 3.8) is 0 Å². The minimum Gasteiger partial charge on any atom is -0.466 e. The van der Waals surface area contributed by atoms with Crippen LogP contribution in [0.2, 0.25) is 0 Å². The van der Waals surface area contributed by atoms with Crippen LogP contribution in [-0.2, 0) is 9.53 Å². The molecule has 1 aliphatic carbocycles. The van der Waals surface area contributed by atoms with Crippen LogP contribution in [0.1, 0.15) is 79.9 Å². The van der Waals surface area contributed by atoms with Crippen LogP contribution in [0, 0.1) is 11.3 Å². The standard InChI is InChI=1S/C19H24ClNO2/c1-2-23-19(22)11-10-18(20)15-8-9-17(16(12-15)13-21)14-6-4-3-5-7-14/h8-9,12,14,18H,2-7,10-11H2,1H3. The Morgan fingerprint density at radius 2 is 2.13 bits per heavy atom. The van der Waals surface area contributed by atoms with E-state index in [-0.39, 0.29) is 11.3 Å². The van der Waals surface area contributed by atoms with Gasteiger partial charge in [-0.15, -0.1) is 11.6 Å². The molecular formula is C19H24ClNO2. The molecule has 124 valence electrons. The highest BCUT2D eigenvalue weighted by molar-refractivity contribution is 6.20. The summed E-state index contributed by atoms with van der Waals surface area (Å²) < 4.78 is 4.92. The molecular weight excluding hydrogens is 310 g/mol. The molecule has 0 amide bonds. The average molecular weight is 334 g/mol. The maximum Gasteiger partial charge on any atom is 0.305 e. The molecule has 1 unspecified atom stereocenters. The number of carbonyl (C=O) groups excluding carboxylic acids is 1. The van der Waals surface area contributed by atoms with E-state index in [1.807, 2.05) is 12.1 Å². The van der Waals surface area contributed by atoms with Gasteiger partial charge in [0.25, 0.3) is 0 Å². The lowest BCUT2D eigenvalue weighted by Gasteiger charge is -2.23. The SMILES string of the molecule is CCOC(=O)CCC(Cl)c1ccc(C2CCCCC2)c(C#N)c1. The Labute approximate surface area is 143 Å². The number of halogens is 1. The molecule has 1 aromatic carbocycles. The summed E-state index contributed by atoms with van der Waals surface area (Å²) in [7, 11) is 0. The number of alkyl halides is 1. The highest BCUT2D eigenvalue weighted by Gasteiger charge is 2.20. The van der Waals surface area contributed by atoms with E-state index >= 15 is 0 Å². The summed E-state index contributed by atoms with van der Waals surface area (Å²) in [5, 5.41) is 9.20. The van der Waals surface area contributed by atoms with Crippen LogP contribution in [0.15, 0.2) is 18.2 Å². The fourth-order valence-corrected chi connectivity index (χ4v) is 3.52. The second-order valence-electron chi connectivity index (χ2n) is 6.10. The maximum atomic E-state index is 11.4. The highest BCUT2D eigenvalue weighted by Crippen LogP contribution is 2.36. The van der Waals surface area contributed by atoms with Gasteiger partial charge in [-0.1, -0.05) is 31.4 Å². The second kappa shape index (κ2) is 8.93. The summed E-state index contributed by atoms with van der Waals surface area (Å²) in [5.41, 5.74) is 2.80. The zero-order valence-corrected chi connectivity index (χ0v) is 14.4. The normalized spacial score (nSPS) is 16.6. The second-order valence-corrected chi connectivity index (χ2v) is 6.63. The van der Waals surface area contributed by atoms with Crippen LogP contribution in [-0.4, -0.2) is 12.6 Å². The smallest absolute Gasteiger partial charge is 0.305 e. The van der Waals surface area contributed by atoms with Crippen LogP contribution in [0.4, 0.5) is 0 Å². The lowest BCUT2D eigenvalue weighted by molar-refractivity contribution is -0.143. The predicted molar refractivity (Wildman–Crippen MR) is 91.4 cm³/mol. The monoisotopic (exact) mass is 333 g/mol. The molecule has 0 radical (unpaired) electrons. The van der Waals surface area contributed by atoms with Gasteiger partial charge in [-0.25, -0.2) is 0 Å². The Hall–Kier alpha value is -1.53. The van der Waals surface area contributed by atoms with E-state index in [1.54, 1.807) is 6.92 Å². The lowest BCUT2D eigenvalue weighted by atomic mass is 9.81. The van der Waals surface area contributed by atoms with Gasteiger partial charge in [-0.2, -0.15) is 5.26 Å². The zero-order chi connectivity index (χ0) is 16.7. The molecule has 23 heavy (non-hydrogen) atoms. The van der Waals surface area contributed by atoms with E-state index in [9.17, 15) is 10.1 Å². The van der Waals surface area contributed by atoms with Gasteiger partial charge in [0.1, 0.15) is 0 Å². The highest BCUT2D eigenvalue weighted by atomic mass is 35.5. The van der Waals surface area contributed by atoms with Crippen molar-refractivity contribution in [2.45, 2.75) is 63.2 Å². The Balaban J connectivity index is 2.05. The molecule has 2 rings (SSSR count). The first-order valence-corrected chi connectivity index (χ1v) is 8.93. The molecule has 1 atom stereocenters. The number of nitrogens with zero attached hydrogens (tertiary/aromatic N) is 1. The van der Waals surface area contributed by atoms with Crippen molar-refractivity contribution >= 4 is 17.6 Å². The third-order valence-electron chi connectivity index (χ3n) is 4.51. The summed E-state index contributed by atoms with van der Waals surface area (Å²) in [6.07, 6.45) is 6.95. The quantitative estimate of drug-likeness (QED) is 0.529. The number of hydrogen-bond acceptors (Lipinski definition) is 3. The van der Waals surface area contributed by atoms with E-state index in [1.165, 1.54) is 32.1 Å². The topological polar surface area (TPSA) is 50.1 Å². The molecule has 1 fully saturated rings. The number of carbonyl (C=O) groups is 1. The molecule has 0 aromatic heterocycles. The number of rotatable bonds is 6. The third-order valence-corrected chi connectivity index (χ3v) is 4.98. The molecule has 4 heteroatoms. The molecule has 1 aliphatic rings. The maximum absolute atomic E-state index is 11.4. The largest absolute Gasteiger partial charge is 0.466 e. The fraction of sp³-hybridized carbons (Fsp3) is 0.579. The minimum absolute atomic E-state index is 0.225. The first-order valence-electron chi connectivity index (χ1n) is 8.49. The van der Waals surface area contributed by atoms with Gasteiger partial charge in [-0.3, -0.25) is 4.79 Å². The van der Waals surface area contributed by atoms with Gasteiger partial charge in [0.2, 0.25) is 0 Å². The van der Waals surface area contributed by atoms with Crippen molar-refractivity contribution in [3.8, 4) is 6.07 Å². The van der Waals surface area contributed by atoms with Crippen molar-refractivity contribution < 1.29 is 9.53 Å². The lowest BCUT2D eigenvalue weighted by Crippen LogP contribution is -2.08. The van der Waals surface area contributed by atoms with Gasteiger partial charge in [0, 0.05) is 6.42 Å². The molecule has 3 nitrogen and oxygen atoms in total. The number of nitriles is 1. The van der Waals surface area contributed by atoms with Crippen LogP contribution >= 0.6 is 11.6 Å². The molecule has 0 spiro atoms. The Morgan fingerprint density at radius 1 is 1.39 bits per heavy atom. The van der Waals surface area contributed by atoms with Crippen molar-refractivity contribution in [2.24, 2.45) is 0 Å². The van der Waals surface area contributed by atoms with Crippen LogP contribution < -0.4 is 0 Å². The summed E-state index contributed by atoms with van der Waals surface area (Å²) in [4.78, 5) is 11.4. The molecule has 0 saturated heterocycles. The van der Waals surface area contributed by atoms with Crippen molar-refractivity contribution in [2.75, 3.05) is 6.61 Å². The summed E-state index contributed by atoms with van der Waals surface area (Å²) in [5.74, 6) is 0.276. The molecule has 0 heterocycles. The Morgan fingerprint density at radius 3 is 2.78 bits per heavy atom. The first-order chi connectivity index (χ1) is 11.2. The number of esters is 1. The summed E-state index contributed by atoms with van der Waals surface area (Å²) in [6.45, 7) is 2.18. The van der Waals surface area contributed by atoms with Crippen molar-refractivity contribution in [3.05, 3.63) is 34.9 Å². The van der Waals surface area contributed by atoms with Gasteiger partial charge < -0.3 is 4.74 Å². The Kier molecular flexibility index (Phi) is 6.92. The van der Waals surface area contributed by atoms with E-state index in [4.69, 9.17) is 16.3 Å². The van der Waals surface area contributed by atoms with E-state index in [0.717, 1.165) is 16.7 Å². The van der Waals surface area contributed by atoms with Gasteiger partial charge in [0.15, 0.2) is 0 Å². The molecule has 0 N–H and O–H groups in total. The zero-order valence-electron chi connectivity index (χ0n) is 13.7. The summed E-state index contributed by atoms with van der Waals surface area (Å²) in [6, 6.07) is 8.29. The van der Waals surface area contributed by atoms with Crippen molar-refractivity contribution in [1.29, 1.82) is 5.26 Å². The van der Waals surface area contributed by atoms with Gasteiger partial charge >= 0.3 is 5.97 Å². The molecule has 1 aromatic rings. The molecule has 0 aliphatic heterocycles. The molecule has 0 bridgehead atoms. The van der Waals surface area contributed by atoms with E-state index in [2.05, 4.69) is 12.1 Å². The van der Waals surface area contributed by atoms with E-state index < -0.39 is 0 Å².